The maximum atomic E-state index is 5.19. The first-order valence-corrected chi connectivity index (χ1v) is 7.54. The minimum atomic E-state index is 0.615. The molecule has 0 spiro atoms. The Morgan fingerprint density at radius 2 is 1.89 bits per heavy atom. The zero-order valence-electron chi connectivity index (χ0n) is 12.7. The number of rotatable bonds is 10. The first-order chi connectivity index (χ1) is 9.27. The number of hydrogen-bond donors (Lipinski definition) is 1. The van der Waals surface area contributed by atoms with Crippen LogP contribution in [0, 0.1) is 5.92 Å². The molecule has 2 unspecified atom stereocenters. The van der Waals surface area contributed by atoms with Crippen molar-refractivity contribution < 1.29 is 4.74 Å². The van der Waals surface area contributed by atoms with Crippen LogP contribution in [0.25, 0.3) is 0 Å². The minimum absolute atomic E-state index is 0.615. The van der Waals surface area contributed by atoms with Crippen molar-refractivity contribution in [3.63, 3.8) is 0 Å². The predicted octanol–water partition coefficient (Wildman–Crippen LogP) is 3.66. The van der Waals surface area contributed by atoms with Crippen LogP contribution in [0.3, 0.4) is 0 Å². The van der Waals surface area contributed by atoms with E-state index in [1.54, 1.807) is 7.11 Å². The third-order valence-electron chi connectivity index (χ3n) is 3.75. The summed E-state index contributed by atoms with van der Waals surface area (Å²) >= 11 is 0. The lowest BCUT2D eigenvalue weighted by atomic mass is 9.93. The highest BCUT2D eigenvalue weighted by molar-refractivity contribution is 5.14. The lowest BCUT2D eigenvalue weighted by Crippen LogP contribution is -2.35. The third kappa shape index (κ3) is 6.74. The molecule has 0 aromatic heterocycles. The van der Waals surface area contributed by atoms with E-state index in [1.807, 2.05) is 0 Å². The fourth-order valence-electron chi connectivity index (χ4n) is 2.53. The maximum absolute atomic E-state index is 5.19. The van der Waals surface area contributed by atoms with Crippen LogP contribution in [-0.2, 0) is 11.2 Å². The summed E-state index contributed by atoms with van der Waals surface area (Å²) < 4.78 is 5.19. The second-order valence-corrected chi connectivity index (χ2v) is 5.30. The lowest BCUT2D eigenvalue weighted by molar-refractivity contribution is 0.168. The van der Waals surface area contributed by atoms with Crippen molar-refractivity contribution in [2.24, 2.45) is 5.92 Å². The smallest absolute Gasteiger partial charge is 0.0465 e. The SMILES string of the molecule is CCNC(CCCc1ccccc1)C(C)CCOC. The van der Waals surface area contributed by atoms with Crippen molar-refractivity contribution in [2.45, 2.75) is 45.6 Å². The zero-order valence-corrected chi connectivity index (χ0v) is 12.7. The van der Waals surface area contributed by atoms with Gasteiger partial charge >= 0.3 is 0 Å². The summed E-state index contributed by atoms with van der Waals surface area (Å²) in [5.41, 5.74) is 1.45. The molecule has 0 bridgehead atoms. The Morgan fingerprint density at radius 3 is 2.53 bits per heavy atom. The average molecular weight is 263 g/mol. The number of methoxy groups -OCH3 is 1. The molecule has 0 radical (unpaired) electrons. The molecule has 19 heavy (non-hydrogen) atoms. The Morgan fingerprint density at radius 1 is 1.16 bits per heavy atom. The molecule has 2 atom stereocenters. The molecule has 0 aliphatic carbocycles. The summed E-state index contributed by atoms with van der Waals surface area (Å²) in [4.78, 5) is 0. The molecule has 1 aromatic carbocycles. The molecule has 0 saturated heterocycles. The molecule has 108 valence electrons. The molecule has 0 aliphatic heterocycles. The average Bonchev–Trinajstić information content (AvgIpc) is 2.45. The molecular weight excluding hydrogens is 234 g/mol. The van der Waals surface area contributed by atoms with Gasteiger partial charge in [0.05, 0.1) is 0 Å². The highest BCUT2D eigenvalue weighted by Crippen LogP contribution is 2.15. The Labute approximate surface area is 118 Å². The van der Waals surface area contributed by atoms with E-state index in [1.165, 1.54) is 24.8 Å². The molecule has 1 aromatic rings. The van der Waals surface area contributed by atoms with Crippen LogP contribution < -0.4 is 5.32 Å². The number of nitrogens with one attached hydrogen (secondary N) is 1. The minimum Gasteiger partial charge on any atom is -0.385 e. The van der Waals surface area contributed by atoms with Gasteiger partial charge in [0.15, 0.2) is 0 Å². The van der Waals surface area contributed by atoms with Crippen LogP contribution in [0.4, 0.5) is 0 Å². The molecule has 0 amide bonds. The summed E-state index contributed by atoms with van der Waals surface area (Å²) in [6, 6.07) is 11.4. The van der Waals surface area contributed by atoms with Crippen LogP contribution in [0.15, 0.2) is 30.3 Å². The Balaban J connectivity index is 2.32. The number of ether oxygens (including phenoxy) is 1. The first-order valence-electron chi connectivity index (χ1n) is 7.54. The van der Waals surface area contributed by atoms with Crippen molar-refractivity contribution in [3.05, 3.63) is 35.9 Å². The first kappa shape index (κ1) is 16.2. The molecule has 2 heteroatoms. The van der Waals surface area contributed by atoms with Crippen LogP contribution in [0.1, 0.15) is 38.7 Å². The van der Waals surface area contributed by atoms with Crippen molar-refractivity contribution in [1.82, 2.24) is 5.32 Å². The van der Waals surface area contributed by atoms with E-state index < -0.39 is 0 Å². The van der Waals surface area contributed by atoms with Gasteiger partial charge in [-0.05, 0) is 43.7 Å². The van der Waals surface area contributed by atoms with E-state index in [4.69, 9.17) is 4.74 Å². The van der Waals surface area contributed by atoms with Crippen LogP contribution in [0.5, 0.6) is 0 Å². The Bertz CT molecular complexity index is 312. The number of benzene rings is 1. The molecule has 0 fully saturated rings. The molecule has 1 N–H and O–H groups in total. The van der Waals surface area contributed by atoms with Gasteiger partial charge in [0.2, 0.25) is 0 Å². The quantitative estimate of drug-likeness (QED) is 0.695. The van der Waals surface area contributed by atoms with Gasteiger partial charge < -0.3 is 10.1 Å². The number of aryl methyl sites for hydroxylation is 1. The fourth-order valence-corrected chi connectivity index (χ4v) is 2.53. The maximum Gasteiger partial charge on any atom is 0.0465 e. The van der Waals surface area contributed by atoms with Gasteiger partial charge in [0.1, 0.15) is 0 Å². The van der Waals surface area contributed by atoms with Crippen molar-refractivity contribution in [3.8, 4) is 0 Å². The van der Waals surface area contributed by atoms with Gasteiger partial charge in [0.25, 0.3) is 0 Å². The molecular formula is C17H29NO. The second-order valence-electron chi connectivity index (χ2n) is 5.30. The Hall–Kier alpha value is -0.860. The molecule has 1 rings (SSSR count). The van der Waals surface area contributed by atoms with Gasteiger partial charge in [-0.15, -0.1) is 0 Å². The highest BCUT2D eigenvalue weighted by Gasteiger charge is 2.15. The molecule has 0 heterocycles. The van der Waals surface area contributed by atoms with Crippen LogP contribution in [-0.4, -0.2) is 26.3 Å². The predicted molar refractivity (Wildman–Crippen MR) is 82.5 cm³/mol. The lowest BCUT2D eigenvalue weighted by Gasteiger charge is -2.24. The van der Waals surface area contributed by atoms with Gasteiger partial charge in [-0.1, -0.05) is 44.2 Å². The third-order valence-corrected chi connectivity index (χ3v) is 3.75. The van der Waals surface area contributed by atoms with E-state index in [2.05, 4.69) is 49.5 Å². The summed E-state index contributed by atoms with van der Waals surface area (Å²) in [5, 5.41) is 3.62. The topological polar surface area (TPSA) is 21.3 Å². The van der Waals surface area contributed by atoms with Crippen LogP contribution in [0.2, 0.25) is 0 Å². The summed E-state index contributed by atoms with van der Waals surface area (Å²) in [6.45, 7) is 6.43. The van der Waals surface area contributed by atoms with E-state index >= 15 is 0 Å². The summed E-state index contributed by atoms with van der Waals surface area (Å²) in [6.07, 6.45) is 4.81. The monoisotopic (exact) mass is 263 g/mol. The fraction of sp³-hybridized carbons (Fsp3) is 0.647. The van der Waals surface area contributed by atoms with Crippen LogP contribution >= 0.6 is 0 Å². The van der Waals surface area contributed by atoms with E-state index in [-0.39, 0.29) is 0 Å². The van der Waals surface area contributed by atoms with Gasteiger partial charge in [-0.2, -0.15) is 0 Å². The number of hydrogen-bond acceptors (Lipinski definition) is 2. The molecule has 0 saturated carbocycles. The molecule has 0 aliphatic rings. The Kier molecular flexibility index (Phi) is 8.52. The van der Waals surface area contributed by atoms with E-state index in [9.17, 15) is 0 Å². The summed E-state index contributed by atoms with van der Waals surface area (Å²) in [7, 11) is 1.78. The highest BCUT2D eigenvalue weighted by atomic mass is 16.5. The normalized spacial score (nSPS) is 14.3. The van der Waals surface area contributed by atoms with Crippen molar-refractivity contribution in [1.29, 1.82) is 0 Å². The summed E-state index contributed by atoms with van der Waals surface area (Å²) in [5.74, 6) is 0.677. The van der Waals surface area contributed by atoms with E-state index in [0.29, 0.717) is 12.0 Å². The second kappa shape index (κ2) is 9.99. The largest absolute Gasteiger partial charge is 0.385 e. The van der Waals surface area contributed by atoms with Crippen molar-refractivity contribution >= 4 is 0 Å². The van der Waals surface area contributed by atoms with Gasteiger partial charge in [-0.25, -0.2) is 0 Å². The van der Waals surface area contributed by atoms with E-state index in [0.717, 1.165) is 19.6 Å². The van der Waals surface area contributed by atoms with Gasteiger partial charge in [-0.3, -0.25) is 0 Å². The van der Waals surface area contributed by atoms with Gasteiger partial charge in [0, 0.05) is 19.8 Å². The molecule has 2 nitrogen and oxygen atoms in total. The zero-order chi connectivity index (χ0) is 13.9. The van der Waals surface area contributed by atoms with Crippen molar-refractivity contribution in [2.75, 3.05) is 20.3 Å². The standard InChI is InChI=1S/C17H29NO/c1-4-18-17(15(2)13-14-19-3)12-8-11-16-9-6-5-7-10-16/h5-7,9-10,15,17-18H,4,8,11-14H2,1-3H3.